The number of hydrogen-bond donors (Lipinski definition) is 0. The standard InChI is InChI=1S/C20H35N.C8H9N.3C2H6/c1-9-14(4)20(11-3)21(8)17(7)19-13-12-18(10-2)15(5)16(19)6;1-3-8-6-4-5-7(2)9-8;3*1-2/h12-14,17,20H,9-11H2,1-8H3;3-6H,1H2,2H3;3*1-2H3. The van der Waals surface area contributed by atoms with Gasteiger partial charge in [-0.15, -0.1) is 0 Å². The van der Waals surface area contributed by atoms with Crippen molar-refractivity contribution in [2.45, 2.75) is 128 Å². The molecule has 0 spiro atoms. The van der Waals surface area contributed by atoms with Crippen LogP contribution in [0, 0.1) is 26.7 Å². The van der Waals surface area contributed by atoms with Gasteiger partial charge in [-0.25, -0.2) is 0 Å². The lowest BCUT2D eigenvalue weighted by Crippen LogP contribution is -2.38. The molecule has 0 N–H and O–H groups in total. The van der Waals surface area contributed by atoms with Crippen LogP contribution in [0.4, 0.5) is 0 Å². The summed E-state index contributed by atoms with van der Waals surface area (Å²) < 4.78 is 0. The summed E-state index contributed by atoms with van der Waals surface area (Å²) in [5.74, 6) is 0.749. The van der Waals surface area contributed by atoms with Crippen LogP contribution in [0.15, 0.2) is 36.9 Å². The van der Waals surface area contributed by atoms with E-state index in [2.05, 4.69) is 84.1 Å². The molecule has 0 radical (unpaired) electrons. The summed E-state index contributed by atoms with van der Waals surface area (Å²) in [6.45, 7) is 33.7. The van der Waals surface area contributed by atoms with Gasteiger partial charge in [0.05, 0.1) is 5.69 Å². The molecule has 0 aliphatic rings. The van der Waals surface area contributed by atoms with Crippen molar-refractivity contribution in [1.82, 2.24) is 9.88 Å². The zero-order chi connectivity index (χ0) is 28.8. The lowest BCUT2D eigenvalue weighted by Gasteiger charge is -2.37. The van der Waals surface area contributed by atoms with Gasteiger partial charge in [-0.05, 0) is 94.0 Å². The molecular weight excluding hydrogens is 436 g/mol. The summed E-state index contributed by atoms with van der Waals surface area (Å²) in [6.07, 6.45) is 5.35. The van der Waals surface area contributed by atoms with Gasteiger partial charge in [0.2, 0.25) is 0 Å². The maximum Gasteiger partial charge on any atom is 0.0626 e. The van der Waals surface area contributed by atoms with Crippen molar-refractivity contribution in [2.75, 3.05) is 7.05 Å². The Balaban J connectivity index is -0.000000601. The van der Waals surface area contributed by atoms with Gasteiger partial charge in [-0.3, -0.25) is 9.88 Å². The molecule has 0 aliphatic carbocycles. The second-order valence-electron chi connectivity index (χ2n) is 8.53. The first-order valence-corrected chi connectivity index (χ1v) is 14.6. The molecule has 0 bridgehead atoms. The van der Waals surface area contributed by atoms with Gasteiger partial charge in [0.25, 0.3) is 0 Å². The highest BCUT2D eigenvalue weighted by atomic mass is 15.2. The Morgan fingerprint density at radius 1 is 0.833 bits per heavy atom. The molecule has 36 heavy (non-hydrogen) atoms. The zero-order valence-electron chi connectivity index (χ0n) is 26.9. The summed E-state index contributed by atoms with van der Waals surface area (Å²) in [7, 11) is 2.30. The normalized spacial score (nSPS) is 12.1. The van der Waals surface area contributed by atoms with Gasteiger partial charge >= 0.3 is 0 Å². The van der Waals surface area contributed by atoms with E-state index < -0.39 is 0 Å². The van der Waals surface area contributed by atoms with Crippen molar-refractivity contribution in [3.05, 3.63) is 70.6 Å². The fraction of sp³-hybridized carbons (Fsp3) is 0.618. The minimum absolute atomic E-state index is 0.480. The van der Waals surface area contributed by atoms with Crippen LogP contribution in [0.1, 0.15) is 129 Å². The average Bonchev–Trinajstić information content (AvgIpc) is 2.93. The zero-order valence-corrected chi connectivity index (χ0v) is 26.9. The SMILES string of the molecule is C=Cc1cccc(C)n1.CC.CC.CC.CCc1ccc(C(C)N(C)C(CC)C(C)CC)c(C)c1C. The van der Waals surface area contributed by atoms with E-state index in [0.717, 1.165) is 23.7 Å². The molecule has 0 aliphatic heterocycles. The Morgan fingerprint density at radius 2 is 1.39 bits per heavy atom. The van der Waals surface area contributed by atoms with Crippen LogP contribution in [-0.4, -0.2) is 23.0 Å². The number of aromatic nitrogens is 1. The van der Waals surface area contributed by atoms with E-state index in [-0.39, 0.29) is 0 Å². The van der Waals surface area contributed by atoms with Crippen LogP contribution >= 0.6 is 0 Å². The van der Waals surface area contributed by atoms with Crippen molar-refractivity contribution >= 4 is 6.08 Å². The third-order valence-corrected chi connectivity index (χ3v) is 6.74. The van der Waals surface area contributed by atoms with Crippen LogP contribution in [0.2, 0.25) is 0 Å². The van der Waals surface area contributed by atoms with Crippen LogP contribution in [0.25, 0.3) is 6.08 Å². The number of aryl methyl sites for hydroxylation is 2. The molecule has 208 valence electrons. The molecule has 3 unspecified atom stereocenters. The van der Waals surface area contributed by atoms with Gasteiger partial charge in [0, 0.05) is 17.8 Å². The summed E-state index contributed by atoms with van der Waals surface area (Å²) >= 11 is 0. The molecule has 0 fully saturated rings. The average molecular weight is 499 g/mol. The fourth-order valence-corrected chi connectivity index (χ4v) is 4.28. The number of hydrogen-bond acceptors (Lipinski definition) is 2. The van der Waals surface area contributed by atoms with E-state index in [1.807, 2.05) is 66.7 Å². The molecule has 2 heteroatoms. The molecule has 0 amide bonds. The summed E-state index contributed by atoms with van der Waals surface area (Å²) in [6, 6.07) is 11.7. The highest BCUT2D eigenvalue weighted by molar-refractivity contribution is 5.41. The predicted molar refractivity (Wildman–Crippen MR) is 168 cm³/mol. The molecule has 1 aromatic heterocycles. The largest absolute Gasteiger partial charge is 0.296 e. The lowest BCUT2D eigenvalue weighted by atomic mass is 9.90. The molecule has 2 nitrogen and oxygen atoms in total. The van der Waals surface area contributed by atoms with Crippen molar-refractivity contribution < 1.29 is 0 Å². The number of nitrogens with zero attached hydrogens (tertiary/aromatic N) is 2. The molecule has 2 aromatic rings. The van der Waals surface area contributed by atoms with E-state index >= 15 is 0 Å². The van der Waals surface area contributed by atoms with Crippen LogP contribution in [0.5, 0.6) is 0 Å². The Hall–Kier alpha value is -1.93. The minimum atomic E-state index is 0.480. The van der Waals surface area contributed by atoms with Crippen LogP contribution in [-0.2, 0) is 6.42 Å². The van der Waals surface area contributed by atoms with Crippen molar-refractivity contribution in [2.24, 2.45) is 5.92 Å². The molecular formula is C34H62N2. The Labute approximate surface area is 227 Å². The van der Waals surface area contributed by atoms with E-state index in [4.69, 9.17) is 0 Å². The van der Waals surface area contributed by atoms with E-state index in [0.29, 0.717) is 12.1 Å². The smallest absolute Gasteiger partial charge is 0.0626 e. The number of benzene rings is 1. The molecule has 1 aromatic carbocycles. The Morgan fingerprint density at radius 3 is 1.78 bits per heavy atom. The fourth-order valence-electron chi connectivity index (χ4n) is 4.28. The highest BCUT2D eigenvalue weighted by Gasteiger charge is 2.24. The monoisotopic (exact) mass is 498 g/mol. The topological polar surface area (TPSA) is 16.1 Å². The lowest BCUT2D eigenvalue weighted by molar-refractivity contribution is 0.131. The molecule has 0 saturated carbocycles. The van der Waals surface area contributed by atoms with Gasteiger partial charge in [0.1, 0.15) is 0 Å². The van der Waals surface area contributed by atoms with Gasteiger partial charge < -0.3 is 0 Å². The third-order valence-electron chi connectivity index (χ3n) is 6.74. The number of pyridine rings is 1. The Kier molecular flexibility index (Phi) is 25.2. The first-order chi connectivity index (χ1) is 17.2. The van der Waals surface area contributed by atoms with Crippen LogP contribution < -0.4 is 0 Å². The molecule has 3 atom stereocenters. The summed E-state index contributed by atoms with van der Waals surface area (Å²) in [5.41, 5.74) is 7.91. The Bertz CT molecular complexity index is 794. The van der Waals surface area contributed by atoms with Gasteiger partial charge in [-0.2, -0.15) is 0 Å². The maximum absolute atomic E-state index is 4.17. The predicted octanol–water partition coefficient (Wildman–Crippen LogP) is 10.8. The van der Waals surface area contributed by atoms with E-state index in [9.17, 15) is 0 Å². The molecule has 2 rings (SSSR count). The number of rotatable bonds is 8. The van der Waals surface area contributed by atoms with Crippen molar-refractivity contribution in [1.29, 1.82) is 0 Å². The highest BCUT2D eigenvalue weighted by Crippen LogP contribution is 2.30. The first kappa shape index (κ1) is 38.6. The van der Waals surface area contributed by atoms with Gasteiger partial charge in [0.15, 0.2) is 0 Å². The molecule has 0 saturated heterocycles. The quantitative estimate of drug-likeness (QED) is 0.360. The summed E-state index contributed by atoms with van der Waals surface area (Å²) in [4.78, 5) is 6.76. The van der Waals surface area contributed by atoms with Crippen LogP contribution in [0.3, 0.4) is 0 Å². The third kappa shape index (κ3) is 12.9. The van der Waals surface area contributed by atoms with E-state index in [1.54, 1.807) is 6.08 Å². The maximum atomic E-state index is 4.17. The van der Waals surface area contributed by atoms with Crippen molar-refractivity contribution in [3.63, 3.8) is 0 Å². The second kappa shape index (κ2) is 23.5. The van der Waals surface area contributed by atoms with Crippen molar-refractivity contribution in [3.8, 4) is 0 Å². The summed E-state index contributed by atoms with van der Waals surface area (Å²) in [5, 5.41) is 0. The van der Waals surface area contributed by atoms with Gasteiger partial charge in [-0.1, -0.05) is 100 Å². The minimum Gasteiger partial charge on any atom is -0.296 e. The first-order valence-electron chi connectivity index (χ1n) is 14.6. The van der Waals surface area contributed by atoms with E-state index in [1.165, 1.54) is 35.1 Å². The molecule has 1 heterocycles. The second-order valence-corrected chi connectivity index (χ2v) is 8.53.